The van der Waals surface area contributed by atoms with Gasteiger partial charge in [-0.2, -0.15) is 0 Å². The summed E-state index contributed by atoms with van der Waals surface area (Å²) in [6.45, 7) is 5.16. The lowest BCUT2D eigenvalue weighted by Gasteiger charge is -2.19. The molecule has 0 radical (unpaired) electrons. The third-order valence-corrected chi connectivity index (χ3v) is 8.29. The third kappa shape index (κ3) is 5.67. The zero-order valence-corrected chi connectivity index (χ0v) is 22.9. The fourth-order valence-corrected chi connectivity index (χ4v) is 6.40. The first-order chi connectivity index (χ1) is 16.0. The molecule has 7 heteroatoms. The Kier molecular flexibility index (Phi) is 8.22. The quantitative estimate of drug-likeness (QED) is 0.0916. The van der Waals surface area contributed by atoms with Gasteiger partial charge in [-0.25, -0.2) is 9.97 Å². The molecule has 0 aliphatic carbocycles. The largest absolute Gasteiger partial charge is 0.324 e. The van der Waals surface area contributed by atoms with E-state index in [0.29, 0.717) is 9.79 Å². The Labute approximate surface area is 222 Å². The number of benzene rings is 2. The fourth-order valence-electron chi connectivity index (χ4n) is 3.65. The maximum Gasteiger partial charge on any atom is 0.138 e. The van der Waals surface area contributed by atoms with E-state index in [1.807, 2.05) is 36.2 Å². The number of thioether (sulfide) groups is 1. The topological polar surface area (TPSA) is 30.7 Å². The molecule has 0 aliphatic rings. The summed E-state index contributed by atoms with van der Waals surface area (Å²) in [5.74, 6) is 1.76. The Morgan fingerprint density at radius 2 is 1.76 bits per heavy atom. The average Bonchev–Trinajstić information content (AvgIpc) is 2.83. The molecule has 1 unspecified atom stereocenters. The second-order valence-corrected chi connectivity index (χ2v) is 10.7. The maximum absolute atomic E-state index is 5.93. The van der Waals surface area contributed by atoms with Crippen LogP contribution in [0.15, 0.2) is 72.9 Å². The standard InChI is InChI=1S/C26H23ClIN3S2/c1-3-31-23(16-33-17(2)21-12-13-22(27)29-15-21)30-26(32)24(25(31)28)20-11-7-10-19(14-20)18-8-5-4-6-9-18/h4-15,17H,3,16H2,1-2H3. The first kappa shape index (κ1) is 24.4. The van der Waals surface area contributed by atoms with E-state index in [1.165, 1.54) is 11.1 Å². The number of hydrogen-bond donors (Lipinski definition) is 0. The average molecular weight is 604 g/mol. The number of halogens is 2. The van der Waals surface area contributed by atoms with Crippen LogP contribution in [-0.2, 0) is 12.3 Å². The van der Waals surface area contributed by atoms with E-state index < -0.39 is 0 Å². The second kappa shape index (κ2) is 11.1. The third-order valence-electron chi connectivity index (χ3n) is 5.46. The Morgan fingerprint density at radius 3 is 2.45 bits per heavy atom. The summed E-state index contributed by atoms with van der Waals surface area (Å²) >= 11 is 16.0. The van der Waals surface area contributed by atoms with Gasteiger partial charge in [-0.05, 0) is 70.8 Å². The van der Waals surface area contributed by atoms with Crippen LogP contribution < -0.4 is 0 Å². The molecule has 0 saturated carbocycles. The smallest absolute Gasteiger partial charge is 0.138 e. The van der Waals surface area contributed by atoms with Crippen molar-refractivity contribution in [2.24, 2.45) is 0 Å². The molecule has 168 valence electrons. The molecule has 4 aromatic rings. The van der Waals surface area contributed by atoms with E-state index in [-0.39, 0.29) is 5.25 Å². The summed E-state index contributed by atoms with van der Waals surface area (Å²) in [4.78, 5) is 9.08. The van der Waals surface area contributed by atoms with Gasteiger partial charge < -0.3 is 4.57 Å². The summed E-state index contributed by atoms with van der Waals surface area (Å²) in [5, 5.41) is 0.786. The minimum Gasteiger partial charge on any atom is -0.324 e. The van der Waals surface area contributed by atoms with Gasteiger partial charge in [0, 0.05) is 23.6 Å². The highest BCUT2D eigenvalue weighted by Crippen LogP contribution is 2.34. The minimum absolute atomic E-state index is 0.273. The van der Waals surface area contributed by atoms with Gasteiger partial charge in [0.05, 0.1) is 9.45 Å². The zero-order chi connectivity index (χ0) is 23.4. The van der Waals surface area contributed by atoms with Crippen LogP contribution >= 0.6 is 58.2 Å². The van der Waals surface area contributed by atoms with E-state index >= 15 is 0 Å². The molecule has 0 saturated heterocycles. The molecule has 0 fully saturated rings. The lowest BCUT2D eigenvalue weighted by Crippen LogP contribution is -2.13. The van der Waals surface area contributed by atoms with Crippen molar-refractivity contribution in [2.75, 3.05) is 0 Å². The molecule has 1 atom stereocenters. The van der Waals surface area contributed by atoms with Gasteiger partial charge in [-0.1, -0.05) is 78.4 Å². The number of hydrogen-bond acceptors (Lipinski definition) is 4. The highest BCUT2D eigenvalue weighted by molar-refractivity contribution is 14.1. The summed E-state index contributed by atoms with van der Waals surface area (Å²) in [6.07, 6.45) is 1.84. The second-order valence-electron chi connectivity index (χ2n) is 7.56. The van der Waals surface area contributed by atoms with Crippen LogP contribution in [0.4, 0.5) is 0 Å². The molecule has 0 aliphatic heterocycles. The Bertz CT molecular complexity index is 1310. The zero-order valence-electron chi connectivity index (χ0n) is 18.3. The minimum atomic E-state index is 0.273. The van der Waals surface area contributed by atoms with Crippen molar-refractivity contribution in [2.45, 2.75) is 31.4 Å². The van der Waals surface area contributed by atoms with Gasteiger partial charge >= 0.3 is 0 Å². The van der Waals surface area contributed by atoms with Crippen LogP contribution in [0.1, 0.15) is 30.5 Å². The van der Waals surface area contributed by atoms with Crippen molar-refractivity contribution in [3.8, 4) is 22.3 Å². The lowest BCUT2D eigenvalue weighted by atomic mass is 10.0. The predicted octanol–water partition coefficient (Wildman–Crippen LogP) is 8.61. The molecule has 2 aromatic heterocycles. The molecule has 33 heavy (non-hydrogen) atoms. The monoisotopic (exact) mass is 603 g/mol. The first-order valence-corrected chi connectivity index (χ1v) is 13.6. The summed E-state index contributed by atoms with van der Waals surface area (Å²) in [6, 6.07) is 22.8. The molecule has 0 bridgehead atoms. The van der Waals surface area contributed by atoms with Crippen molar-refractivity contribution >= 4 is 58.2 Å². The van der Waals surface area contributed by atoms with Crippen LogP contribution in [0, 0.1) is 8.34 Å². The number of aromatic nitrogens is 3. The molecular formula is C26H23ClIN3S2. The van der Waals surface area contributed by atoms with Gasteiger partial charge in [0.25, 0.3) is 0 Å². The molecule has 4 rings (SSSR count). The molecular weight excluding hydrogens is 581 g/mol. The van der Waals surface area contributed by atoms with Crippen molar-refractivity contribution in [1.29, 1.82) is 0 Å². The van der Waals surface area contributed by atoms with Crippen LogP contribution in [-0.4, -0.2) is 14.5 Å². The van der Waals surface area contributed by atoms with Gasteiger partial charge in [0.2, 0.25) is 0 Å². The van der Waals surface area contributed by atoms with E-state index in [0.717, 1.165) is 38.5 Å². The molecule has 0 N–H and O–H groups in total. The number of rotatable bonds is 7. The summed E-state index contributed by atoms with van der Waals surface area (Å²) in [5.41, 5.74) is 5.63. The van der Waals surface area contributed by atoms with E-state index in [2.05, 4.69) is 94.5 Å². The Hall–Kier alpha value is -1.74. The summed E-state index contributed by atoms with van der Waals surface area (Å²) < 4.78 is 4.03. The first-order valence-electron chi connectivity index (χ1n) is 10.7. The van der Waals surface area contributed by atoms with Crippen LogP contribution in [0.2, 0.25) is 5.15 Å². The predicted molar refractivity (Wildman–Crippen MR) is 151 cm³/mol. The van der Waals surface area contributed by atoms with E-state index in [1.54, 1.807) is 0 Å². The SMILES string of the molecule is CCn1c(CSC(C)c2ccc(Cl)nc2)nc(=S)c(-c2cccc(-c3ccccc3)c2)c1I. The highest BCUT2D eigenvalue weighted by Gasteiger charge is 2.16. The van der Waals surface area contributed by atoms with Gasteiger partial charge in [-0.3, -0.25) is 0 Å². The van der Waals surface area contributed by atoms with Gasteiger partial charge in [-0.15, -0.1) is 11.8 Å². The van der Waals surface area contributed by atoms with Gasteiger partial charge in [0.1, 0.15) is 15.6 Å². The molecule has 3 nitrogen and oxygen atoms in total. The number of nitrogens with zero attached hydrogens (tertiary/aromatic N) is 3. The highest BCUT2D eigenvalue weighted by atomic mass is 127. The van der Waals surface area contributed by atoms with Crippen LogP contribution in [0.5, 0.6) is 0 Å². The molecule has 2 heterocycles. The van der Waals surface area contributed by atoms with Crippen molar-refractivity contribution in [1.82, 2.24) is 14.5 Å². The molecule has 0 amide bonds. The van der Waals surface area contributed by atoms with E-state index in [9.17, 15) is 0 Å². The maximum atomic E-state index is 5.93. The molecule has 2 aromatic carbocycles. The van der Waals surface area contributed by atoms with E-state index in [4.69, 9.17) is 28.8 Å². The lowest BCUT2D eigenvalue weighted by molar-refractivity contribution is 0.676. The Balaban J connectivity index is 1.64. The van der Waals surface area contributed by atoms with Crippen LogP contribution in [0.25, 0.3) is 22.3 Å². The molecule has 0 spiro atoms. The van der Waals surface area contributed by atoms with Crippen molar-refractivity contribution in [3.05, 3.63) is 97.8 Å². The summed E-state index contributed by atoms with van der Waals surface area (Å²) in [7, 11) is 0. The van der Waals surface area contributed by atoms with Gasteiger partial charge in [0.15, 0.2) is 0 Å². The number of pyridine rings is 1. The van der Waals surface area contributed by atoms with Crippen molar-refractivity contribution < 1.29 is 0 Å². The Morgan fingerprint density at radius 1 is 1.03 bits per heavy atom. The fraction of sp³-hybridized carbons (Fsp3) is 0.192. The normalized spacial score (nSPS) is 12.0. The van der Waals surface area contributed by atoms with Crippen LogP contribution in [0.3, 0.4) is 0 Å². The van der Waals surface area contributed by atoms with Crippen molar-refractivity contribution in [3.63, 3.8) is 0 Å².